The van der Waals surface area contributed by atoms with Crippen molar-refractivity contribution in [3.05, 3.63) is 72.7 Å². The van der Waals surface area contributed by atoms with E-state index in [1.807, 2.05) is 54.6 Å². The Morgan fingerprint density at radius 2 is 1.62 bits per heavy atom. The van der Waals surface area contributed by atoms with Gasteiger partial charge in [0.25, 0.3) is 0 Å². The van der Waals surface area contributed by atoms with Crippen LogP contribution in [-0.4, -0.2) is 15.1 Å². The average Bonchev–Trinajstić information content (AvgIpc) is 2.57. The van der Waals surface area contributed by atoms with Crippen molar-refractivity contribution in [2.75, 3.05) is 0 Å². The number of aromatic nitrogens is 2. The summed E-state index contributed by atoms with van der Waals surface area (Å²) < 4.78 is 5.81. The van der Waals surface area contributed by atoms with Crippen LogP contribution in [0.3, 0.4) is 0 Å². The van der Waals surface area contributed by atoms with Crippen molar-refractivity contribution >= 4 is 0 Å². The number of hydrogen-bond acceptors (Lipinski definition) is 4. The fourth-order valence-electron chi connectivity index (χ4n) is 2.00. The largest absolute Gasteiger partial charge is 0.437 e. The van der Waals surface area contributed by atoms with Gasteiger partial charge in [-0.3, -0.25) is 4.98 Å². The lowest BCUT2D eigenvalue weighted by Gasteiger charge is -2.10. The van der Waals surface area contributed by atoms with E-state index in [1.54, 1.807) is 0 Å². The molecule has 0 atom stereocenters. The third-order valence-electron chi connectivity index (χ3n) is 3.03. The van der Waals surface area contributed by atoms with Crippen LogP contribution in [0.15, 0.2) is 67.0 Å². The van der Waals surface area contributed by atoms with Gasteiger partial charge in [-0.15, -0.1) is 0 Å². The van der Waals surface area contributed by atoms with Gasteiger partial charge in [0, 0.05) is 5.56 Å². The molecule has 0 saturated carbocycles. The molecule has 1 heterocycles. The molecule has 4 nitrogen and oxygen atoms in total. The number of hydrogen-bond donors (Lipinski definition) is 1. The third-order valence-corrected chi connectivity index (χ3v) is 3.03. The van der Waals surface area contributed by atoms with Crippen LogP contribution in [0.25, 0.3) is 11.1 Å². The summed E-state index contributed by atoms with van der Waals surface area (Å²) in [6.07, 6.45) is 3.01. The lowest BCUT2D eigenvalue weighted by Crippen LogP contribution is -1.94. The number of aliphatic hydroxyl groups excluding tert-OH is 1. The van der Waals surface area contributed by atoms with Crippen molar-refractivity contribution in [2.24, 2.45) is 0 Å². The summed E-state index contributed by atoms with van der Waals surface area (Å²) in [7, 11) is 0. The summed E-state index contributed by atoms with van der Waals surface area (Å²) in [5.41, 5.74) is 2.58. The van der Waals surface area contributed by atoms with E-state index in [1.165, 1.54) is 12.4 Å². The van der Waals surface area contributed by atoms with E-state index >= 15 is 0 Å². The zero-order chi connectivity index (χ0) is 14.5. The molecule has 0 aliphatic carbocycles. The predicted molar refractivity (Wildman–Crippen MR) is 79.9 cm³/mol. The van der Waals surface area contributed by atoms with Crippen LogP contribution in [0.1, 0.15) is 5.69 Å². The number of ether oxygens (including phenoxy) is 1. The topological polar surface area (TPSA) is 55.2 Å². The van der Waals surface area contributed by atoms with Crippen molar-refractivity contribution in [1.29, 1.82) is 0 Å². The number of nitrogens with zero attached hydrogens (tertiary/aromatic N) is 2. The van der Waals surface area contributed by atoms with Crippen molar-refractivity contribution in [2.45, 2.75) is 6.61 Å². The molecule has 0 saturated heterocycles. The highest BCUT2D eigenvalue weighted by atomic mass is 16.5. The van der Waals surface area contributed by atoms with E-state index in [0.717, 1.165) is 16.9 Å². The molecule has 0 unspecified atom stereocenters. The minimum atomic E-state index is -0.131. The first-order valence-electron chi connectivity index (χ1n) is 6.61. The van der Waals surface area contributed by atoms with E-state index in [2.05, 4.69) is 9.97 Å². The third kappa shape index (κ3) is 3.07. The van der Waals surface area contributed by atoms with Crippen molar-refractivity contribution in [3.8, 4) is 22.8 Å². The minimum absolute atomic E-state index is 0.131. The first kappa shape index (κ1) is 13.3. The molecule has 1 aromatic heterocycles. The lowest BCUT2D eigenvalue weighted by molar-refractivity contribution is 0.276. The second-order valence-electron chi connectivity index (χ2n) is 4.47. The SMILES string of the molecule is OCc1cnc(Oc2ccccc2-c2ccccc2)cn1. The van der Waals surface area contributed by atoms with Crippen molar-refractivity contribution in [1.82, 2.24) is 9.97 Å². The molecule has 0 bridgehead atoms. The maximum absolute atomic E-state index is 8.97. The highest BCUT2D eigenvalue weighted by molar-refractivity contribution is 5.70. The van der Waals surface area contributed by atoms with Crippen LogP contribution >= 0.6 is 0 Å². The molecule has 3 aromatic rings. The van der Waals surface area contributed by atoms with Crippen LogP contribution < -0.4 is 4.74 Å². The molecule has 21 heavy (non-hydrogen) atoms. The summed E-state index contributed by atoms with van der Waals surface area (Å²) in [6.45, 7) is -0.131. The number of para-hydroxylation sites is 1. The fourth-order valence-corrected chi connectivity index (χ4v) is 2.00. The Labute approximate surface area is 122 Å². The van der Waals surface area contributed by atoms with Crippen LogP contribution in [0.4, 0.5) is 0 Å². The van der Waals surface area contributed by atoms with E-state index < -0.39 is 0 Å². The predicted octanol–water partition coefficient (Wildman–Crippen LogP) is 3.43. The van der Waals surface area contributed by atoms with Gasteiger partial charge in [-0.25, -0.2) is 4.98 Å². The lowest BCUT2D eigenvalue weighted by atomic mass is 10.1. The zero-order valence-electron chi connectivity index (χ0n) is 11.3. The van der Waals surface area contributed by atoms with Gasteiger partial charge in [-0.2, -0.15) is 0 Å². The first-order valence-corrected chi connectivity index (χ1v) is 6.61. The van der Waals surface area contributed by atoms with Crippen molar-refractivity contribution in [3.63, 3.8) is 0 Å². The molecule has 0 radical (unpaired) electrons. The van der Waals surface area contributed by atoms with Crippen LogP contribution in [0.2, 0.25) is 0 Å². The molecule has 0 fully saturated rings. The van der Waals surface area contributed by atoms with Gasteiger partial charge < -0.3 is 9.84 Å². The van der Waals surface area contributed by atoms with Gasteiger partial charge >= 0.3 is 0 Å². The molecule has 0 aliphatic rings. The standard InChI is InChI=1S/C17H14N2O2/c20-12-14-10-19-17(11-18-14)21-16-9-5-4-8-15(16)13-6-2-1-3-7-13/h1-11,20H,12H2. The van der Waals surface area contributed by atoms with Gasteiger partial charge in [0.05, 0.1) is 24.7 Å². The summed E-state index contributed by atoms with van der Waals surface area (Å²) in [5.74, 6) is 1.12. The average molecular weight is 278 g/mol. The Morgan fingerprint density at radius 1 is 0.857 bits per heavy atom. The maximum Gasteiger partial charge on any atom is 0.237 e. The number of rotatable bonds is 4. The Bertz CT molecular complexity index is 712. The maximum atomic E-state index is 8.97. The molecule has 2 aromatic carbocycles. The summed E-state index contributed by atoms with van der Waals surface area (Å²) in [5, 5.41) is 8.97. The minimum Gasteiger partial charge on any atom is -0.437 e. The molecule has 0 spiro atoms. The smallest absolute Gasteiger partial charge is 0.237 e. The number of benzene rings is 2. The van der Waals surface area contributed by atoms with E-state index in [9.17, 15) is 0 Å². The van der Waals surface area contributed by atoms with Gasteiger partial charge in [-0.05, 0) is 11.6 Å². The Morgan fingerprint density at radius 3 is 2.33 bits per heavy atom. The summed E-state index contributed by atoms with van der Waals surface area (Å²) >= 11 is 0. The molecule has 104 valence electrons. The first-order chi connectivity index (χ1) is 10.4. The van der Waals surface area contributed by atoms with E-state index in [0.29, 0.717) is 11.6 Å². The second-order valence-corrected chi connectivity index (χ2v) is 4.47. The monoisotopic (exact) mass is 278 g/mol. The fraction of sp³-hybridized carbons (Fsp3) is 0.0588. The molecule has 0 amide bonds. The van der Waals surface area contributed by atoms with Crippen LogP contribution in [-0.2, 0) is 6.61 Å². The van der Waals surface area contributed by atoms with Gasteiger partial charge in [-0.1, -0.05) is 48.5 Å². The molecule has 4 heteroatoms. The second kappa shape index (κ2) is 6.15. The summed E-state index contributed by atoms with van der Waals surface area (Å²) in [6, 6.07) is 17.8. The Balaban J connectivity index is 1.92. The quantitative estimate of drug-likeness (QED) is 0.794. The molecule has 0 aliphatic heterocycles. The number of aliphatic hydroxyl groups is 1. The molecular formula is C17H14N2O2. The molecule has 3 rings (SSSR count). The molecule has 1 N–H and O–H groups in total. The van der Waals surface area contributed by atoms with Crippen LogP contribution in [0, 0.1) is 0 Å². The normalized spacial score (nSPS) is 10.3. The van der Waals surface area contributed by atoms with Gasteiger partial charge in [0.1, 0.15) is 5.75 Å². The van der Waals surface area contributed by atoms with Crippen LogP contribution in [0.5, 0.6) is 11.6 Å². The molecular weight excluding hydrogens is 264 g/mol. The zero-order valence-corrected chi connectivity index (χ0v) is 11.3. The van der Waals surface area contributed by atoms with Crippen molar-refractivity contribution < 1.29 is 9.84 Å². The van der Waals surface area contributed by atoms with Gasteiger partial charge in [0.2, 0.25) is 5.88 Å². The van der Waals surface area contributed by atoms with E-state index in [4.69, 9.17) is 9.84 Å². The summed E-state index contributed by atoms with van der Waals surface area (Å²) in [4.78, 5) is 8.19. The Hall–Kier alpha value is -2.72. The van der Waals surface area contributed by atoms with E-state index in [-0.39, 0.29) is 6.61 Å². The highest BCUT2D eigenvalue weighted by Gasteiger charge is 2.07. The Kier molecular flexibility index (Phi) is 3.89. The highest BCUT2D eigenvalue weighted by Crippen LogP contribution is 2.32. The van der Waals surface area contributed by atoms with Gasteiger partial charge in [0.15, 0.2) is 0 Å².